The lowest BCUT2D eigenvalue weighted by Crippen LogP contribution is -1.99. The first kappa shape index (κ1) is 13.5. The Bertz CT molecular complexity index is 627. The van der Waals surface area contributed by atoms with E-state index in [1.807, 2.05) is 14.0 Å². The van der Waals surface area contributed by atoms with Crippen molar-refractivity contribution < 1.29 is 14.3 Å². The minimum absolute atomic E-state index is 0.0751. The van der Waals surface area contributed by atoms with E-state index in [1.165, 1.54) is 30.0 Å². The van der Waals surface area contributed by atoms with Crippen LogP contribution in [-0.4, -0.2) is 25.8 Å². The number of carboxylic acids is 1. The minimum atomic E-state index is -1.07. The number of carbonyl (C=O) groups is 1. The molecule has 19 heavy (non-hydrogen) atoms. The molecule has 0 radical (unpaired) electrons. The van der Waals surface area contributed by atoms with Crippen LogP contribution in [0.3, 0.4) is 0 Å². The number of aromatic carboxylic acids is 1. The second kappa shape index (κ2) is 5.40. The third-order valence-corrected chi connectivity index (χ3v) is 3.77. The van der Waals surface area contributed by atoms with Gasteiger partial charge in [0.25, 0.3) is 0 Å². The van der Waals surface area contributed by atoms with Gasteiger partial charge in [0, 0.05) is 12.8 Å². The first-order valence-corrected chi connectivity index (χ1v) is 6.48. The number of benzene rings is 1. The van der Waals surface area contributed by atoms with E-state index in [1.54, 1.807) is 4.57 Å². The van der Waals surface area contributed by atoms with Crippen molar-refractivity contribution in [2.45, 2.75) is 17.8 Å². The molecule has 1 N–H and O–H groups in total. The summed E-state index contributed by atoms with van der Waals surface area (Å²) in [6.07, 6.45) is 0. The van der Waals surface area contributed by atoms with Gasteiger partial charge >= 0.3 is 5.97 Å². The zero-order valence-corrected chi connectivity index (χ0v) is 11.2. The lowest BCUT2D eigenvalue weighted by molar-refractivity contribution is 0.0696. The molecule has 2 rings (SSSR count). The van der Waals surface area contributed by atoms with Gasteiger partial charge in [-0.2, -0.15) is 0 Å². The highest BCUT2D eigenvalue weighted by molar-refractivity contribution is 7.98. The average Bonchev–Trinajstić information content (AvgIpc) is 2.69. The number of thioether (sulfide) groups is 1. The topological polar surface area (TPSA) is 68.0 Å². The van der Waals surface area contributed by atoms with Crippen molar-refractivity contribution >= 4 is 17.7 Å². The predicted octanol–water partition coefficient (Wildman–Crippen LogP) is 2.25. The van der Waals surface area contributed by atoms with E-state index in [0.29, 0.717) is 16.5 Å². The Morgan fingerprint density at radius 1 is 1.47 bits per heavy atom. The molecule has 1 aromatic carbocycles. The van der Waals surface area contributed by atoms with Gasteiger partial charge < -0.3 is 9.67 Å². The Morgan fingerprint density at radius 2 is 2.21 bits per heavy atom. The van der Waals surface area contributed by atoms with Gasteiger partial charge in [0.15, 0.2) is 5.16 Å². The number of carboxylic acid groups (broad SMARTS) is 1. The Balaban J connectivity index is 2.17. The van der Waals surface area contributed by atoms with Crippen LogP contribution in [0.5, 0.6) is 0 Å². The number of nitrogens with zero attached hydrogens (tertiary/aromatic N) is 3. The highest BCUT2D eigenvalue weighted by atomic mass is 32.2. The van der Waals surface area contributed by atoms with Crippen LogP contribution >= 0.6 is 11.8 Å². The van der Waals surface area contributed by atoms with Crippen LogP contribution in [0.4, 0.5) is 4.39 Å². The monoisotopic (exact) mass is 281 g/mol. The number of aryl methyl sites for hydroxylation is 1. The summed E-state index contributed by atoms with van der Waals surface area (Å²) in [6, 6.07) is 3.76. The number of halogens is 1. The zero-order chi connectivity index (χ0) is 14.0. The van der Waals surface area contributed by atoms with Gasteiger partial charge in [-0.25, -0.2) is 9.18 Å². The molecule has 100 valence electrons. The summed E-state index contributed by atoms with van der Waals surface area (Å²) in [7, 11) is 1.82. The van der Waals surface area contributed by atoms with Crippen LogP contribution in [0.2, 0.25) is 0 Å². The first-order valence-electron chi connectivity index (χ1n) is 5.49. The summed E-state index contributed by atoms with van der Waals surface area (Å²) in [5, 5.41) is 17.4. The standard InChI is InChI=1S/C12H12FN3O2S/c1-7-14-15-12(16(7)2)19-6-9-5-8(11(17)18)3-4-10(9)13/h3-5H,6H2,1-2H3,(H,17,18). The molecule has 1 heterocycles. The Labute approximate surface area is 113 Å². The summed E-state index contributed by atoms with van der Waals surface area (Å²) in [4.78, 5) is 10.8. The molecule has 0 atom stereocenters. The summed E-state index contributed by atoms with van der Waals surface area (Å²) in [5.74, 6) is -0.418. The fourth-order valence-electron chi connectivity index (χ4n) is 1.47. The molecule has 7 heteroatoms. The maximum absolute atomic E-state index is 13.6. The van der Waals surface area contributed by atoms with Gasteiger partial charge in [-0.05, 0) is 30.7 Å². The van der Waals surface area contributed by atoms with E-state index in [9.17, 15) is 9.18 Å². The molecule has 1 aromatic heterocycles. The Hall–Kier alpha value is -1.89. The van der Waals surface area contributed by atoms with Gasteiger partial charge in [-0.15, -0.1) is 10.2 Å². The summed E-state index contributed by atoms with van der Waals surface area (Å²) < 4.78 is 15.4. The van der Waals surface area contributed by atoms with Gasteiger partial charge in [0.05, 0.1) is 5.56 Å². The molecule has 0 fully saturated rings. The van der Waals surface area contributed by atoms with Crippen LogP contribution < -0.4 is 0 Å². The van der Waals surface area contributed by atoms with Crippen LogP contribution in [-0.2, 0) is 12.8 Å². The van der Waals surface area contributed by atoms with Crippen molar-refractivity contribution in [3.63, 3.8) is 0 Å². The van der Waals surface area contributed by atoms with E-state index in [2.05, 4.69) is 10.2 Å². The third-order valence-electron chi connectivity index (χ3n) is 2.70. The van der Waals surface area contributed by atoms with Gasteiger partial charge in [-0.3, -0.25) is 0 Å². The van der Waals surface area contributed by atoms with E-state index >= 15 is 0 Å². The molecule has 0 bridgehead atoms. The third kappa shape index (κ3) is 2.93. The first-order chi connectivity index (χ1) is 8.99. The molecule has 2 aromatic rings. The van der Waals surface area contributed by atoms with Crippen LogP contribution in [0.1, 0.15) is 21.7 Å². The van der Waals surface area contributed by atoms with Crippen molar-refractivity contribution in [2.24, 2.45) is 7.05 Å². The van der Waals surface area contributed by atoms with Crippen LogP contribution in [0.15, 0.2) is 23.4 Å². The van der Waals surface area contributed by atoms with E-state index in [-0.39, 0.29) is 5.56 Å². The van der Waals surface area contributed by atoms with Crippen LogP contribution in [0.25, 0.3) is 0 Å². The molecule has 0 spiro atoms. The molecule has 0 aliphatic heterocycles. The summed E-state index contributed by atoms with van der Waals surface area (Å²) >= 11 is 1.31. The van der Waals surface area contributed by atoms with Crippen LogP contribution in [0, 0.1) is 12.7 Å². The number of aromatic nitrogens is 3. The van der Waals surface area contributed by atoms with Crippen molar-refractivity contribution in [1.29, 1.82) is 0 Å². The normalized spacial score (nSPS) is 10.7. The van der Waals surface area contributed by atoms with Crippen molar-refractivity contribution in [2.75, 3.05) is 0 Å². The molecule has 5 nitrogen and oxygen atoms in total. The maximum Gasteiger partial charge on any atom is 0.335 e. The lowest BCUT2D eigenvalue weighted by Gasteiger charge is -2.04. The second-order valence-electron chi connectivity index (χ2n) is 3.99. The van der Waals surface area contributed by atoms with E-state index in [0.717, 1.165) is 5.82 Å². The quantitative estimate of drug-likeness (QED) is 0.871. The SMILES string of the molecule is Cc1nnc(SCc2cc(C(=O)O)ccc2F)n1C. The zero-order valence-electron chi connectivity index (χ0n) is 10.4. The number of hydrogen-bond donors (Lipinski definition) is 1. The second-order valence-corrected chi connectivity index (χ2v) is 4.93. The Morgan fingerprint density at radius 3 is 2.79 bits per heavy atom. The minimum Gasteiger partial charge on any atom is -0.478 e. The highest BCUT2D eigenvalue weighted by Gasteiger charge is 2.11. The fourth-order valence-corrected chi connectivity index (χ4v) is 2.40. The molecule has 0 aliphatic carbocycles. The Kier molecular flexibility index (Phi) is 3.84. The molecule has 0 aliphatic rings. The largest absolute Gasteiger partial charge is 0.478 e. The molecule has 0 saturated carbocycles. The highest BCUT2D eigenvalue weighted by Crippen LogP contribution is 2.23. The van der Waals surface area contributed by atoms with Gasteiger partial charge in [0.1, 0.15) is 11.6 Å². The molecular formula is C12H12FN3O2S. The van der Waals surface area contributed by atoms with Crippen molar-refractivity contribution in [3.05, 3.63) is 41.0 Å². The van der Waals surface area contributed by atoms with Crippen molar-refractivity contribution in [3.8, 4) is 0 Å². The molecule has 0 saturated heterocycles. The number of rotatable bonds is 4. The van der Waals surface area contributed by atoms with Gasteiger partial charge in [-0.1, -0.05) is 11.8 Å². The number of hydrogen-bond acceptors (Lipinski definition) is 4. The molecule has 0 unspecified atom stereocenters. The van der Waals surface area contributed by atoms with E-state index in [4.69, 9.17) is 5.11 Å². The lowest BCUT2D eigenvalue weighted by atomic mass is 10.1. The van der Waals surface area contributed by atoms with Gasteiger partial charge in [0.2, 0.25) is 0 Å². The average molecular weight is 281 g/mol. The summed E-state index contributed by atoms with van der Waals surface area (Å²) in [5.41, 5.74) is 0.414. The summed E-state index contributed by atoms with van der Waals surface area (Å²) in [6.45, 7) is 1.82. The predicted molar refractivity (Wildman–Crippen MR) is 68.7 cm³/mol. The maximum atomic E-state index is 13.6. The van der Waals surface area contributed by atoms with Crippen molar-refractivity contribution in [1.82, 2.24) is 14.8 Å². The molecule has 0 amide bonds. The molecular weight excluding hydrogens is 269 g/mol. The van der Waals surface area contributed by atoms with E-state index < -0.39 is 11.8 Å². The fraction of sp³-hybridized carbons (Fsp3) is 0.250. The smallest absolute Gasteiger partial charge is 0.335 e.